The van der Waals surface area contributed by atoms with Gasteiger partial charge in [0, 0.05) is 24.3 Å². The molecule has 1 heterocycles. The number of nitrogens with zero attached hydrogens (tertiary/aromatic N) is 2. The Labute approximate surface area is 132 Å². The maximum absolute atomic E-state index is 12.2. The van der Waals surface area contributed by atoms with Crippen molar-refractivity contribution >= 4 is 11.6 Å². The van der Waals surface area contributed by atoms with Gasteiger partial charge >= 0.3 is 0 Å². The first-order valence-corrected chi connectivity index (χ1v) is 7.75. The summed E-state index contributed by atoms with van der Waals surface area (Å²) in [5.41, 5.74) is 0.848. The van der Waals surface area contributed by atoms with Gasteiger partial charge in [-0.25, -0.2) is 0 Å². The van der Waals surface area contributed by atoms with Crippen LogP contribution in [-0.2, 0) is 4.79 Å². The Balaban J connectivity index is 1.79. The lowest BCUT2D eigenvalue weighted by atomic mass is 10.1. The van der Waals surface area contributed by atoms with E-state index in [9.17, 15) is 4.79 Å². The van der Waals surface area contributed by atoms with E-state index in [0.717, 1.165) is 18.5 Å². The van der Waals surface area contributed by atoms with Gasteiger partial charge in [-0.05, 0) is 38.8 Å². The van der Waals surface area contributed by atoms with Gasteiger partial charge < -0.3 is 15.5 Å². The molecule has 1 aliphatic heterocycles. The van der Waals surface area contributed by atoms with Crippen molar-refractivity contribution in [3.8, 4) is 6.07 Å². The summed E-state index contributed by atoms with van der Waals surface area (Å²) in [6.07, 6.45) is 1.71. The molecule has 0 saturated carbocycles. The average Bonchev–Trinajstić information content (AvgIpc) is 3.00. The molecule has 0 aromatic heterocycles. The molecule has 1 saturated heterocycles. The fourth-order valence-corrected chi connectivity index (χ4v) is 2.56. The van der Waals surface area contributed by atoms with E-state index in [0.29, 0.717) is 13.1 Å². The van der Waals surface area contributed by atoms with Gasteiger partial charge in [0.05, 0.1) is 12.6 Å². The molecule has 1 aromatic carbocycles. The number of amides is 1. The van der Waals surface area contributed by atoms with Gasteiger partial charge in [0.15, 0.2) is 0 Å². The molecule has 0 aliphatic carbocycles. The van der Waals surface area contributed by atoms with Crippen molar-refractivity contribution in [3.63, 3.8) is 0 Å². The largest absolute Gasteiger partial charge is 0.383 e. The van der Waals surface area contributed by atoms with Gasteiger partial charge in [0.1, 0.15) is 6.04 Å². The number of hydrogen-bond acceptors (Lipinski definition) is 4. The first kappa shape index (κ1) is 16.3. The Morgan fingerprint density at radius 3 is 2.82 bits per heavy atom. The molecule has 22 heavy (non-hydrogen) atoms. The van der Waals surface area contributed by atoms with E-state index in [1.165, 1.54) is 0 Å². The standard InChI is InChI=1S/C17H24N4O/c1-17(2,13-19-14-7-4-3-5-8-14)20-12-16(22)21-10-6-9-15(21)11-18/h3-5,7-8,15,19-20H,6,9-10,12-13H2,1-2H3/t15-/m0/s1. The number of likely N-dealkylation sites (tertiary alicyclic amines) is 1. The van der Waals surface area contributed by atoms with E-state index in [1.54, 1.807) is 4.90 Å². The van der Waals surface area contributed by atoms with Crippen LogP contribution in [0.5, 0.6) is 0 Å². The lowest BCUT2D eigenvalue weighted by molar-refractivity contribution is -0.130. The number of rotatable bonds is 6. The van der Waals surface area contributed by atoms with Crippen molar-refractivity contribution in [3.05, 3.63) is 30.3 Å². The first-order chi connectivity index (χ1) is 10.5. The summed E-state index contributed by atoms with van der Waals surface area (Å²) < 4.78 is 0. The van der Waals surface area contributed by atoms with Gasteiger partial charge in [-0.1, -0.05) is 18.2 Å². The number of nitrogens with one attached hydrogen (secondary N) is 2. The third kappa shape index (κ3) is 4.47. The van der Waals surface area contributed by atoms with Crippen LogP contribution in [0.25, 0.3) is 0 Å². The fourth-order valence-electron chi connectivity index (χ4n) is 2.56. The van der Waals surface area contributed by atoms with Crippen LogP contribution >= 0.6 is 0 Å². The van der Waals surface area contributed by atoms with E-state index in [-0.39, 0.29) is 24.0 Å². The van der Waals surface area contributed by atoms with Crippen LogP contribution < -0.4 is 10.6 Å². The van der Waals surface area contributed by atoms with Gasteiger partial charge in [0.2, 0.25) is 5.91 Å². The topological polar surface area (TPSA) is 68.2 Å². The van der Waals surface area contributed by atoms with Crippen LogP contribution in [0.4, 0.5) is 5.69 Å². The smallest absolute Gasteiger partial charge is 0.237 e. The predicted octanol–water partition coefficient (Wildman–Crippen LogP) is 1.98. The average molecular weight is 300 g/mol. The second-order valence-corrected chi connectivity index (χ2v) is 6.33. The molecule has 2 rings (SSSR count). The number of anilines is 1. The Morgan fingerprint density at radius 1 is 1.41 bits per heavy atom. The third-order valence-electron chi connectivity index (χ3n) is 3.95. The third-order valence-corrected chi connectivity index (χ3v) is 3.95. The van der Waals surface area contributed by atoms with Crippen molar-refractivity contribution in [1.29, 1.82) is 5.26 Å². The van der Waals surface area contributed by atoms with Crippen molar-refractivity contribution in [2.24, 2.45) is 0 Å². The van der Waals surface area contributed by atoms with Crippen LogP contribution in [0.1, 0.15) is 26.7 Å². The summed E-state index contributed by atoms with van der Waals surface area (Å²) in [5.74, 6) is 0.0110. The van der Waals surface area contributed by atoms with Gasteiger partial charge in [-0.15, -0.1) is 0 Å². The number of hydrogen-bond donors (Lipinski definition) is 2. The molecule has 1 fully saturated rings. The second-order valence-electron chi connectivity index (χ2n) is 6.33. The molecule has 0 unspecified atom stereocenters. The number of nitriles is 1. The number of carbonyl (C=O) groups excluding carboxylic acids is 1. The van der Waals surface area contributed by atoms with E-state index in [4.69, 9.17) is 5.26 Å². The summed E-state index contributed by atoms with van der Waals surface area (Å²) in [5, 5.41) is 15.7. The Morgan fingerprint density at radius 2 is 2.14 bits per heavy atom. The zero-order valence-corrected chi connectivity index (χ0v) is 13.3. The van der Waals surface area contributed by atoms with Crippen molar-refractivity contribution in [2.45, 2.75) is 38.3 Å². The highest BCUT2D eigenvalue weighted by atomic mass is 16.2. The normalized spacial score (nSPS) is 18.0. The quantitative estimate of drug-likeness (QED) is 0.843. The second kappa shape index (κ2) is 7.28. The maximum Gasteiger partial charge on any atom is 0.237 e. The van der Waals surface area contributed by atoms with Crippen LogP contribution in [0.15, 0.2) is 30.3 Å². The van der Waals surface area contributed by atoms with Gasteiger partial charge in [-0.3, -0.25) is 4.79 Å². The van der Waals surface area contributed by atoms with Gasteiger partial charge in [0.25, 0.3) is 0 Å². The summed E-state index contributed by atoms with van der Waals surface area (Å²) >= 11 is 0. The summed E-state index contributed by atoms with van der Waals surface area (Å²) in [4.78, 5) is 13.9. The fraction of sp³-hybridized carbons (Fsp3) is 0.529. The number of para-hydroxylation sites is 1. The van der Waals surface area contributed by atoms with Crippen molar-refractivity contribution in [1.82, 2.24) is 10.2 Å². The monoisotopic (exact) mass is 300 g/mol. The molecular formula is C17H24N4O. The molecule has 1 aromatic rings. The Hall–Kier alpha value is -2.06. The Kier molecular flexibility index (Phi) is 5.40. The summed E-state index contributed by atoms with van der Waals surface area (Å²) in [6, 6.07) is 11.9. The maximum atomic E-state index is 12.2. The molecule has 0 bridgehead atoms. The number of carbonyl (C=O) groups is 1. The first-order valence-electron chi connectivity index (χ1n) is 7.75. The molecule has 0 spiro atoms. The zero-order chi connectivity index (χ0) is 16.0. The van der Waals surface area contributed by atoms with Crippen LogP contribution in [0, 0.1) is 11.3 Å². The molecule has 2 N–H and O–H groups in total. The summed E-state index contributed by atoms with van der Waals surface area (Å²) in [7, 11) is 0. The van der Waals surface area contributed by atoms with Crippen LogP contribution in [0.2, 0.25) is 0 Å². The highest BCUT2D eigenvalue weighted by Gasteiger charge is 2.29. The van der Waals surface area contributed by atoms with Crippen LogP contribution in [0.3, 0.4) is 0 Å². The van der Waals surface area contributed by atoms with E-state index in [1.807, 2.05) is 30.3 Å². The van der Waals surface area contributed by atoms with E-state index in [2.05, 4.69) is 30.6 Å². The minimum Gasteiger partial charge on any atom is -0.383 e. The molecular weight excluding hydrogens is 276 g/mol. The SMILES string of the molecule is CC(C)(CNc1ccccc1)NCC(=O)N1CCC[C@H]1C#N. The molecule has 0 radical (unpaired) electrons. The molecule has 5 heteroatoms. The van der Waals surface area contributed by atoms with E-state index >= 15 is 0 Å². The van der Waals surface area contributed by atoms with E-state index < -0.39 is 0 Å². The van der Waals surface area contributed by atoms with Crippen molar-refractivity contribution in [2.75, 3.05) is 25.0 Å². The Bertz CT molecular complexity index is 535. The predicted molar refractivity (Wildman–Crippen MR) is 87.4 cm³/mol. The zero-order valence-electron chi connectivity index (χ0n) is 13.3. The molecule has 5 nitrogen and oxygen atoms in total. The number of benzene rings is 1. The lowest BCUT2D eigenvalue weighted by Crippen LogP contribution is -2.50. The van der Waals surface area contributed by atoms with Crippen molar-refractivity contribution < 1.29 is 4.79 Å². The van der Waals surface area contributed by atoms with Crippen LogP contribution in [-0.4, -0.2) is 42.0 Å². The molecule has 118 valence electrons. The lowest BCUT2D eigenvalue weighted by Gasteiger charge is -2.28. The highest BCUT2D eigenvalue weighted by Crippen LogP contribution is 2.16. The summed E-state index contributed by atoms with van der Waals surface area (Å²) in [6.45, 7) is 5.79. The minimum absolute atomic E-state index is 0.0110. The minimum atomic E-state index is -0.250. The highest BCUT2D eigenvalue weighted by molar-refractivity contribution is 5.79. The molecule has 1 atom stereocenters. The van der Waals surface area contributed by atoms with Gasteiger partial charge in [-0.2, -0.15) is 5.26 Å². The molecule has 1 amide bonds. The molecule has 1 aliphatic rings.